The molecule has 0 unspecified atom stereocenters. The molecule has 0 bridgehead atoms. The summed E-state index contributed by atoms with van der Waals surface area (Å²) >= 11 is 0. The molecule has 1 aliphatic rings. The number of aromatic nitrogens is 2. The number of aromatic carboxylic acids is 1. The third-order valence-electron chi connectivity index (χ3n) is 3.96. The van der Waals surface area contributed by atoms with Crippen LogP contribution < -0.4 is 10.9 Å². The van der Waals surface area contributed by atoms with Gasteiger partial charge < -0.3 is 20.4 Å². The largest absolute Gasteiger partial charge is 0.501 e. The van der Waals surface area contributed by atoms with Crippen LogP contribution in [-0.2, 0) is 0 Å². The van der Waals surface area contributed by atoms with Gasteiger partial charge in [-0.05, 0) is 38.1 Å². The zero-order valence-corrected chi connectivity index (χ0v) is 12.5. The first-order valence-corrected chi connectivity index (χ1v) is 7.51. The molecule has 3 rings (SSSR count). The number of carbonyl (C=O) groups is 1. The fourth-order valence-electron chi connectivity index (χ4n) is 2.75. The summed E-state index contributed by atoms with van der Waals surface area (Å²) in [5, 5.41) is 21.8. The molecule has 0 amide bonds. The smallest absolute Gasteiger partial charge is 0.358 e. The highest BCUT2D eigenvalue weighted by atomic mass is 16.4. The third kappa shape index (κ3) is 3.11. The van der Waals surface area contributed by atoms with Crippen molar-refractivity contribution in [2.75, 3.05) is 31.5 Å². The summed E-state index contributed by atoms with van der Waals surface area (Å²) in [5.74, 6) is -2.29. The highest BCUT2D eigenvalue weighted by Gasteiger charge is 2.17. The summed E-state index contributed by atoms with van der Waals surface area (Å²) in [6.45, 7) is 3.91. The Bertz CT molecular complexity index is 796. The average molecular weight is 318 g/mol. The molecule has 1 fully saturated rings. The van der Waals surface area contributed by atoms with Crippen LogP contribution in [-0.4, -0.2) is 56.6 Å². The molecular formula is C15H18N4O4. The molecule has 1 saturated heterocycles. The minimum absolute atomic E-state index is 0.176. The second-order valence-corrected chi connectivity index (χ2v) is 5.54. The average Bonchev–Trinajstić information content (AvgIpc) is 3.04. The number of aromatic hydroxyl groups is 1. The Labute approximate surface area is 132 Å². The number of fused-ring (bicyclic) bond motifs is 1. The van der Waals surface area contributed by atoms with Gasteiger partial charge in [-0.3, -0.25) is 9.20 Å². The lowest BCUT2D eigenvalue weighted by atomic mass is 10.3. The molecule has 0 aliphatic carbocycles. The fraction of sp³-hybridized carbons (Fsp3) is 0.400. The molecule has 122 valence electrons. The van der Waals surface area contributed by atoms with Crippen LogP contribution in [0.4, 0.5) is 5.69 Å². The Morgan fingerprint density at radius 1 is 1.30 bits per heavy atom. The van der Waals surface area contributed by atoms with E-state index in [1.807, 2.05) is 0 Å². The summed E-state index contributed by atoms with van der Waals surface area (Å²) in [5.41, 5.74) is -0.543. The van der Waals surface area contributed by atoms with Crippen LogP contribution in [0.3, 0.4) is 0 Å². The summed E-state index contributed by atoms with van der Waals surface area (Å²) < 4.78 is 1.14. The van der Waals surface area contributed by atoms with Crippen LogP contribution in [0.15, 0.2) is 23.1 Å². The second-order valence-electron chi connectivity index (χ2n) is 5.54. The molecule has 0 atom stereocenters. The highest BCUT2D eigenvalue weighted by Crippen LogP contribution is 2.14. The number of nitrogens with one attached hydrogen (secondary N) is 1. The van der Waals surface area contributed by atoms with Crippen molar-refractivity contribution in [1.29, 1.82) is 0 Å². The van der Waals surface area contributed by atoms with Crippen LogP contribution in [0.1, 0.15) is 23.3 Å². The highest BCUT2D eigenvalue weighted by molar-refractivity contribution is 5.88. The molecule has 8 heteroatoms. The maximum atomic E-state index is 12.1. The van der Waals surface area contributed by atoms with Gasteiger partial charge in [0.25, 0.3) is 0 Å². The predicted octanol–water partition coefficient (Wildman–Crippen LogP) is 0.606. The van der Waals surface area contributed by atoms with Crippen LogP contribution >= 0.6 is 0 Å². The van der Waals surface area contributed by atoms with E-state index in [9.17, 15) is 14.7 Å². The molecule has 2 aromatic heterocycles. The lowest BCUT2D eigenvalue weighted by Gasteiger charge is -2.15. The molecule has 2 aromatic rings. The molecule has 3 heterocycles. The van der Waals surface area contributed by atoms with E-state index in [0.29, 0.717) is 5.69 Å². The lowest BCUT2D eigenvalue weighted by Crippen LogP contribution is -2.26. The van der Waals surface area contributed by atoms with Gasteiger partial charge in [-0.25, -0.2) is 9.78 Å². The van der Waals surface area contributed by atoms with E-state index in [1.165, 1.54) is 19.0 Å². The lowest BCUT2D eigenvalue weighted by molar-refractivity contribution is 0.0686. The summed E-state index contributed by atoms with van der Waals surface area (Å²) in [6.07, 6.45) is 3.99. The molecule has 3 N–H and O–H groups in total. The van der Waals surface area contributed by atoms with Crippen LogP contribution in [0.2, 0.25) is 0 Å². The van der Waals surface area contributed by atoms with E-state index in [2.05, 4.69) is 15.2 Å². The Morgan fingerprint density at radius 2 is 2.04 bits per heavy atom. The first-order chi connectivity index (χ1) is 11.1. The van der Waals surface area contributed by atoms with Gasteiger partial charge in [0, 0.05) is 19.3 Å². The first-order valence-electron chi connectivity index (χ1n) is 7.51. The van der Waals surface area contributed by atoms with Crippen molar-refractivity contribution in [3.8, 4) is 5.75 Å². The normalized spacial score (nSPS) is 15.1. The van der Waals surface area contributed by atoms with Gasteiger partial charge in [0.1, 0.15) is 5.65 Å². The van der Waals surface area contributed by atoms with Crippen molar-refractivity contribution >= 4 is 17.3 Å². The Morgan fingerprint density at radius 3 is 2.74 bits per heavy atom. The molecule has 0 radical (unpaired) electrons. The zero-order chi connectivity index (χ0) is 16.4. The molecular weight excluding hydrogens is 300 g/mol. The summed E-state index contributed by atoms with van der Waals surface area (Å²) in [7, 11) is 0. The van der Waals surface area contributed by atoms with Gasteiger partial charge in [0.15, 0.2) is 5.69 Å². The van der Waals surface area contributed by atoms with Gasteiger partial charge in [-0.1, -0.05) is 0 Å². The topological polar surface area (TPSA) is 107 Å². The maximum absolute atomic E-state index is 12.1. The number of anilines is 1. The van der Waals surface area contributed by atoms with E-state index >= 15 is 0 Å². The quantitative estimate of drug-likeness (QED) is 0.741. The third-order valence-corrected chi connectivity index (χ3v) is 3.96. The SMILES string of the molecule is O=C(O)c1nc2ccc(NCCN3CCCC3)cn2c(=O)c1O. The van der Waals surface area contributed by atoms with Crippen molar-refractivity contribution < 1.29 is 15.0 Å². The van der Waals surface area contributed by atoms with Crippen molar-refractivity contribution in [2.24, 2.45) is 0 Å². The fourth-order valence-corrected chi connectivity index (χ4v) is 2.75. The van der Waals surface area contributed by atoms with Crippen molar-refractivity contribution in [2.45, 2.75) is 12.8 Å². The van der Waals surface area contributed by atoms with Gasteiger partial charge in [-0.15, -0.1) is 0 Å². The van der Waals surface area contributed by atoms with Gasteiger partial charge in [0.05, 0.1) is 5.69 Å². The predicted molar refractivity (Wildman–Crippen MR) is 84.2 cm³/mol. The van der Waals surface area contributed by atoms with Gasteiger partial charge in [0.2, 0.25) is 5.75 Å². The number of hydrogen-bond donors (Lipinski definition) is 3. The van der Waals surface area contributed by atoms with Crippen molar-refractivity contribution in [1.82, 2.24) is 14.3 Å². The Kier molecular flexibility index (Phi) is 4.16. The molecule has 0 aromatic carbocycles. The van der Waals surface area contributed by atoms with E-state index < -0.39 is 23.0 Å². The minimum atomic E-state index is -1.44. The number of hydrogen-bond acceptors (Lipinski definition) is 6. The number of rotatable bonds is 5. The first kappa shape index (κ1) is 15.3. The monoisotopic (exact) mass is 318 g/mol. The van der Waals surface area contributed by atoms with E-state index in [-0.39, 0.29) is 5.65 Å². The molecule has 1 aliphatic heterocycles. The Balaban J connectivity index is 1.81. The van der Waals surface area contributed by atoms with E-state index in [0.717, 1.165) is 30.6 Å². The van der Waals surface area contributed by atoms with Gasteiger partial charge in [-0.2, -0.15) is 0 Å². The van der Waals surface area contributed by atoms with E-state index in [4.69, 9.17) is 5.11 Å². The van der Waals surface area contributed by atoms with E-state index in [1.54, 1.807) is 12.1 Å². The van der Waals surface area contributed by atoms with Crippen molar-refractivity contribution in [3.63, 3.8) is 0 Å². The standard InChI is InChI=1S/C15H18N4O4/c20-13-12(15(22)23)17-11-4-3-10(9-19(11)14(13)21)16-5-8-18-6-1-2-7-18/h3-4,9,16,20H,1-2,5-8H2,(H,22,23). The maximum Gasteiger partial charge on any atom is 0.358 e. The Hall–Kier alpha value is -2.61. The molecule has 8 nitrogen and oxygen atoms in total. The second kappa shape index (κ2) is 6.25. The number of nitrogens with zero attached hydrogens (tertiary/aromatic N) is 3. The molecule has 0 spiro atoms. The van der Waals surface area contributed by atoms with Crippen molar-refractivity contribution in [3.05, 3.63) is 34.4 Å². The minimum Gasteiger partial charge on any atom is -0.501 e. The van der Waals surface area contributed by atoms with Crippen LogP contribution in [0.5, 0.6) is 5.75 Å². The summed E-state index contributed by atoms with van der Waals surface area (Å²) in [6, 6.07) is 3.28. The molecule has 23 heavy (non-hydrogen) atoms. The number of likely N-dealkylation sites (tertiary alicyclic amines) is 1. The molecule has 0 saturated carbocycles. The summed E-state index contributed by atoms with van der Waals surface area (Å²) in [4.78, 5) is 29.2. The number of carboxylic acid groups (broad SMARTS) is 1. The zero-order valence-electron chi connectivity index (χ0n) is 12.5. The van der Waals surface area contributed by atoms with Gasteiger partial charge >= 0.3 is 11.5 Å². The number of pyridine rings is 1. The van der Waals surface area contributed by atoms with Crippen LogP contribution in [0.25, 0.3) is 5.65 Å². The number of carboxylic acids is 1. The van der Waals surface area contributed by atoms with Crippen LogP contribution in [0, 0.1) is 0 Å².